The molecule has 5 rings (SSSR count). The molecule has 3 fully saturated rings. The number of hydrogen-bond donors (Lipinski definition) is 1. The summed E-state index contributed by atoms with van der Waals surface area (Å²) in [5, 5.41) is 7.41. The minimum atomic E-state index is -0.268. The molecule has 1 aromatic heterocycles. The third-order valence-electron chi connectivity index (χ3n) is 6.70. The number of amides is 1. The van der Waals surface area contributed by atoms with Gasteiger partial charge >= 0.3 is 0 Å². The molecule has 1 N–H and O–H groups in total. The number of benzene rings is 1. The van der Waals surface area contributed by atoms with E-state index in [0.717, 1.165) is 37.6 Å². The van der Waals surface area contributed by atoms with Crippen molar-refractivity contribution in [2.45, 2.75) is 50.4 Å². The zero-order chi connectivity index (χ0) is 17.1. The predicted molar refractivity (Wildman–Crippen MR) is 94.1 cm³/mol. The van der Waals surface area contributed by atoms with E-state index in [1.807, 2.05) is 25.1 Å². The Morgan fingerprint density at radius 2 is 1.96 bits per heavy atom. The molecular formula is C20H24N4O. The van der Waals surface area contributed by atoms with E-state index in [9.17, 15) is 4.79 Å². The fourth-order valence-electron chi connectivity index (χ4n) is 4.94. The van der Waals surface area contributed by atoms with Crippen molar-refractivity contribution < 1.29 is 4.79 Å². The number of H-pyrrole nitrogens is 1. The maximum absolute atomic E-state index is 13.4. The Morgan fingerprint density at radius 1 is 1.20 bits per heavy atom. The lowest BCUT2D eigenvalue weighted by Crippen LogP contribution is -2.41. The number of carbonyl (C=O) groups is 1. The maximum atomic E-state index is 13.4. The summed E-state index contributed by atoms with van der Waals surface area (Å²) in [4.78, 5) is 20.1. The van der Waals surface area contributed by atoms with E-state index < -0.39 is 0 Å². The summed E-state index contributed by atoms with van der Waals surface area (Å²) in [5.74, 6) is 2.36. The monoisotopic (exact) mass is 336 g/mol. The molecule has 25 heavy (non-hydrogen) atoms. The summed E-state index contributed by atoms with van der Waals surface area (Å²) in [6.07, 6.45) is 5.58. The van der Waals surface area contributed by atoms with Crippen LogP contribution >= 0.6 is 0 Å². The van der Waals surface area contributed by atoms with Gasteiger partial charge in [-0.3, -0.25) is 9.89 Å². The Labute approximate surface area is 147 Å². The number of nitrogens with zero attached hydrogens (tertiary/aromatic N) is 3. The molecule has 1 aromatic carbocycles. The highest BCUT2D eigenvalue weighted by molar-refractivity contribution is 5.91. The molecule has 2 aromatic rings. The van der Waals surface area contributed by atoms with Gasteiger partial charge in [0.1, 0.15) is 5.82 Å². The summed E-state index contributed by atoms with van der Waals surface area (Å²) in [5.41, 5.74) is 1.12. The molecule has 1 saturated heterocycles. The molecule has 1 aliphatic heterocycles. The number of aromatic nitrogens is 3. The lowest BCUT2D eigenvalue weighted by atomic mass is 9.62. The second-order valence-electron chi connectivity index (χ2n) is 8.18. The van der Waals surface area contributed by atoms with Crippen molar-refractivity contribution in [2.75, 3.05) is 13.1 Å². The highest BCUT2D eigenvalue weighted by atomic mass is 16.2. The number of likely N-dealkylation sites (tertiary alicyclic amines) is 1. The molecule has 1 spiro atoms. The first-order chi connectivity index (χ1) is 12.1. The lowest BCUT2D eigenvalue weighted by Gasteiger charge is -2.41. The molecule has 0 bridgehead atoms. The summed E-state index contributed by atoms with van der Waals surface area (Å²) in [7, 11) is 0. The van der Waals surface area contributed by atoms with Gasteiger partial charge in [-0.15, -0.1) is 0 Å². The Hall–Kier alpha value is -2.17. The molecule has 0 radical (unpaired) electrons. The first-order valence-electron chi connectivity index (χ1n) is 9.37. The van der Waals surface area contributed by atoms with Gasteiger partial charge in [0.2, 0.25) is 5.91 Å². The Kier molecular flexibility index (Phi) is 3.12. The minimum absolute atomic E-state index is 0.205. The Bertz CT molecular complexity index is 804. The van der Waals surface area contributed by atoms with Gasteiger partial charge < -0.3 is 4.90 Å². The number of rotatable bonds is 3. The molecule has 2 saturated carbocycles. The van der Waals surface area contributed by atoms with Gasteiger partial charge in [0.25, 0.3) is 0 Å². The summed E-state index contributed by atoms with van der Waals surface area (Å²) in [6, 6.07) is 10.3. The predicted octanol–water partition coefficient (Wildman–Crippen LogP) is 2.94. The Morgan fingerprint density at radius 3 is 2.52 bits per heavy atom. The minimum Gasteiger partial charge on any atom is -0.341 e. The van der Waals surface area contributed by atoms with Crippen LogP contribution in [0.5, 0.6) is 0 Å². The fourth-order valence-corrected chi connectivity index (χ4v) is 4.94. The van der Waals surface area contributed by atoms with Crippen LogP contribution in [0.4, 0.5) is 0 Å². The van der Waals surface area contributed by atoms with E-state index in [0.29, 0.717) is 5.91 Å². The average Bonchev–Trinajstić information content (AvgIpc) is 3.13. The quantitative estimate of drug-likeness (QED) is 0.937. The van der Waals surface area contributed by atoms with Crippen LogP contribution in [0, 0.1) is 12.3 Å². The van der Waals surface area contributed by atoms with E-state index in [1.165, 1.54) is 24.8 Å². The lowest BCUT2D eigenvalue weighted by molar-refractivity contribution is -0.133. The molecule has 5 nitrogen and oxygen atoms in total. The standard InChI is InChI=1S/C20H24N4O/c1-14-21-17(23-22-14)16-12-24(13-19(16)8-5-9-19)18(25)20(10-11-20)15-6-3-2-4-7-15/h2-4,6-7,16H,5,8-13H2,1H3,(H,21,22,23). The number of hydrogen-bond acceptors (Lipinski definition) is 3. The second kappa shape index (κ2) is 5.16. The van der Waals surface area contributed by atoms with E-state index in [4.69, 9.17) is 0 Å². The highest BCUT2D eigenvalue weighted by Gasteiger charge is 2.59. The molecule has 1 unspecified atom stereocenters. The van der Waals surface area contributed by atoms with Crippen LogP contribution in [0.1, 0.15) is 55.2 Å². The van der Waals surface area contributed by atoms with Crippen LogP contribution < -0.4 is 0 Å². The van der Waals surface area contributed by atoms with Crippen LogP contribution in [-0.4, -0.2) is 39.1 Å². The smallest absolute Gasteiger partial charge is 0.233 e. The molecule has 2 heterocycles. The molecule has 130 valence electrons. The van der Waals surface area contributed by atoms with Gasteiger partial charge in [-0.1, -0.05) is 36.8 Å². The molecular weight excluding hydrogens is 312 g/mol. The van der Waals surface area contributed by atoms with Gasteiger partial charge in [0.15, 0.2) is 5.82 Å². The van der Waals surface area contributed by atoms with Crippen molar-refractivity contribution in [3.05, 3.63) is 47.5 Å². The van der Waals surface area contributed by atoms with Gasteiger partial charge in [-0.2, -0.15) is 5.10 Å². The Balaban J connectivity index is 1.43. The second-order valence-corrected chi connectivity index (χ2v) is 8.18. The number of carbonyl (C=O) groups excluding carboxylic acids is 1. The topological polar surface area (TPSA) is 61.9 Å². The van der Waals surface area contributed by atoms with Crippen LogP contribution in [0.15, 0.2) is 30.3 Å². The normalized spacial score (nSPS) is 25.8. The number of aromatic amines is 1. The fraction of sp³-hybridized carbons (Fsp3) is 0.550. The van der Waals surface area contributed by atoms with Crippen molar-refractivity contribution in [3.63, 3.8) is 0 Å². The van der Waals surface area contributed by atoms with Crippen molar-refractivity contribution >= 4 is 5.91 Å². The van der Waals surface area contributed by atoms with Crippen LogP contribution in [0.2, 0.25) is 0 Å². The SMILES string of the molecule is Cc1nc(C2CN(C(=O)C3(c4ccccc4)CC3)CC23CCC3)n[nH]1. The van der Waals surface area contributed by atoms with Crippen LogP contribution in [0.3, 0.4) is 0 Å². The van der Waals surface area contributed by atoms with E-state index in [-0.39, 0.29) is 16.7 Å². The van der Waals surface area contributed by atoms with Crippen LogP contribution in [-0.2, 0) is 10.2 Å². The number of nitrogens with one attached hydrogen (secondary N) is 1. The molecule has 1 amide bonds. The molecule has 1 atom stereocenters. The van der Waals surface area contributed by atoms with Crippen molar-refractivity contribution in [1.82, 2.24) is 20.1 Å². The molecule has 5 heteroatoms. The summed E-state index contributed by atoms with van der Waals surface area (Å²) < 4.78 is 0. The summed E-state index contributed by atoms with van der Waals surface area (Å²) >= 11 is 0. The average molecular weight is 336 g/mol. The van der Waals surface area contributed by atoms with Gasteiger partial charge in [0.05, 0.1) is 5.41 Å². The van der Waals surface area contributed by atoms with Crippen molar-refractivity contribution in [1.29, 1.82) is 0 Å². The van der Waals surface area contributed by atoms with E-state index >= 15 is 0 Å². The van der Waals surface area contributed by atoms with E-state index in [1.54, 1.807) is 0 Å². The highest BCUT2D eigenvalue weighted by Crippen LogP contribution is 2.57. The van der Waals surface area contributed by atoms with Crippen LogP contribution in [0.25, 0.3) is 0 Å². The number of aryl methyl sites for hydroxylation is 1. The third-order valence-corrected chi connectivity index (χ3v) is 6.70. The van der Waals surface area contributed by atoms with Gasteiger partial charge in [-0.05, 0) is 43.6 Å². The van der Waals surface area contributed by atoms with Gasteiger partial charge in [-0.25, -0.2) is 4.98 Å². The van der Waals surface area contributed by atoms with Gasteiger partial charge in [0, 0.05) is 19.0 Å². The summed E-state index contributed by atoms with van der Waals surface area (Å²) in [6.45, 7) is 3.58. The van der Waals surface area contributed by atoms with E-state index in [2.05, 4.69) is 32.2 Å². The first kappa shape index (κ1) is 15.1. The first-order valence-corrected chi connectivity index (χ1v) is 9.37. The maximum Gasteiger partial charge on any atom is 0.233 e. The molecule has 2 aliphatic carbocycles. The molecule has 3 aliphatic rings. The largest absolute Gasteiger partial charge is 0.341 e. The third kappa shape index (κ3) is 2.17. The zero-order valence-electron chi connectivity index (χ0n) is 14.7. The van der Waals surface area contributed by atoms with Crippen molar-refractivity contribution in [3.8, 4) is 0 Å². The zero-order valence-corrected chi connectivity index (χ0v) is 14.7. The van der Waals surface area contributed by atoms with Crippen molar-refractivity contribution in [2.24, 2.45) is 5.41 Å².